The second kappa shape index (κ2) is 6.63. The van der Waals surface area contributed by atoms with E-state index in [9.17, 15) is 9.90 Å². The minimum Gasteiger partial charge on any atom is -0.480 e. The zero-order valence-electron chi connectivity index (χ0n) is 13.7. The lowest BCUT2D eigenvalue weighted by atomic mass is 9.77. The SMILES string of the molecule is CCCNC1(C(=O)O)CCCC(N2CCOCC2(C)C)C1. The maximum absolute atomic E-state index is 11.9. The highest BCUT2D eigenvalue weighted by atomic mass is 16.5. The second-order valence-corrected chi connectivity index (χ2v) is 7.12. The van der Waals surface area contributed by atoms with Crippen LogP contribution >= 0.6 is 0 Å². The van der Waals surface area contributed by atoms with E-state index in [0.29, 0.717) is 12.5 Å². The second-order valence-electron chi connectivity index (χ2n) is 7.12. The van der Waals surface area contributed by atoms with Gasteiger partial charge in [-0.25, -0.2) is 0 Å². The van der Waals surface area contributed by atoms with Gasteiger partial charge < -0.3 is 15.2 Å². The van der Waals surface area contributed by atoms with E-state index in [1.54, 1.807) is 0 Å². The molecule has 0 radical (unpaired) electrons. The number of carboxylic acids is 1. The normalized spacial score (nSPS) is 33.8. The molecule has 2 rings (SSSR count). The number of nitrogens with zero attached hydrogens (tertiary/aromatic N) is 1. The summed E-state index contributed by atoms with van der Waals surface area (Å²) in [6.45, 7) is 9.63. The average Bonchev–Trinajstić information content (AvgIpc) is 2.44. The molecule has 5 nitrogen and oxygen atoms in total. The van der Waals surface area contributed by atoms with Gasteiger partial charge in [0.15, 0.2) is 0 Å². The number of morpholine rings is 1. The van der Waals surface area contributed by atoms with Crippen molar-refractivity contribution in [2.45, 2.75) is 70.0 Å². The summed E-state index contributed by atoms with van der Waals surface area (Å²) in [5, 5.41) is 13.1. The highest BCUT2D eigenvalue weighted by Crippen LogP contribution is 2.35. The number of hydrogen-bond donors (Lipinski definition) is 2. The topological polar surface area (TPSA) is 61.8 Å². The summed E-state index contributed by atoms with van der Waals surface area (Å²) < 4.78 is 5.60. The van der Waals surface area contributed by atoms with Crippen LogP contribution in [0.3, 0.4) is 0 Å². The summed E-state index contributed by atoms with van der Waals surface area (Å²) >= 11 is 0. The van der Waals surface area contributed by atoms with Crippen LogP contribution in [0.25, 0.3) is 0 Å². The molecule has 0 bridgehead atoms. The van der Waals surface area contributed by atoms with Crippen molar-refractivity contribution in [3.8, 4) is 0 Å². The summed E-state index contributed by atoms with van der Waals surface area (Å²) in [7, 11) is 0. The molecule has 1 aliphatic carbocycles. The molecule has 2 N–H and O–H groups in total. The molecular formula is C16H30N2O3. The zero-order chi connectivity index (χ0) is 15.5. The third-order valence-electron chi connectivity index (χ3n) is 5.00. The molecule has 1 saturated heterocycles. The summed E-state index contributed by atoms with van der Waals surface area (Å²) in [6, 6.07) is 0.332. The first-order valence-corrected chi connectivity index (χ1v) is 8.24. The first kappa shape index (κ1) is 16.7. The van der Waals surface area contributed by atoms with Crippen LogP contribution in [0.5, 0.6) is 0 Å². The van der Waals surface area contributed by atoms with Crippen molar-refractivity contribution in [1.29, 1.82) is 0 Å². The Morgan fingerprint density at radius 2 is 2.24 bits per heavy atom. The third-order valence-corrected chi connectivity index (χ3v) is 5.00. The number of ether oxygens (including phenoxy) is 1. The molecule has 0 spiro atoms. The lowest BCUT2D eigenvalue weighted by Crippen LogP contribution is -2.63. The van der Waals surface area contributed by atoms with E-state index in [4.69, 9.17) is 4.74 Å². The fourth-order valence-electron chi connectivity index (χ4n) is 3.85. The van der Waals surface area contributed by atoms with E-state index in [0.717, 1.165) is 52.0 Å². The maximum atomic E-state index is 11.9. The van der Waals surface area contributed by atoms with Crippen molar-refractivity contribution in [1.82, 2.24) is 10.2 Å². The number of rotatable bonds is 5. The van der Waals surface area contributed by atoms with Gasteiger partial charge in [0.1, 0.15) is 5.54 Å². The standard InChI is InChI=1S/C16H30N2O3/c1-4-8-17-16(14(19)20)7-5-6-13(11-16)18-9-10-21-12-15(18,2)3/h13,17H,4-12H2,1-3H3,(H,19,20). The van der Waals surface area contributed by atoms with E-state index in [2.05, 4.69) is 31.0 Å². The zero-order valence-corrected chi connectivity index (χ0v) is 13.7. The van der Waals surface area contributed by atoms with Gasteiger partial charge in [-0.3, -0.25) is 9.69 Å². The van der Waals surface area contributed by atoms with E-state index in [1.807, 2.05) is 0 Å². The van der Waals surface area contributed by atoms with Gasteiger partial charge in [-0.2, -0.15) is 0 Å². The lowest BCUT2D eigenvalue weighted by Gasteiger charge is -2.50. The fraction of sp³-hybridized carbons (Fsp3) is 0.938. The predicted octanol–water partition coefficient (Wildman–Crippen LogP) is 1.86. The van der Waals surface area contributed by atoms with Gasteiger partial charge in [0.25, 0.3) is 0 Å². The Kier molecular flexibility index (Phi) is 5.28. The number of carboxylic acid groups (broad SMARTS) is 1. The molecule has 1 heterocycles. The van der Waals surface area contributed by atoms with Crippen molar-refractivity contribution < 1.29 is 14.6 Å². The minimum atomic E-state index is -0.743. The smallest absolute Gasteiger partial charge is 0.323 e. The summed E-state index contributed by atoms with van der Waals surface area (Å²) in [5.41, 5.74) is -0.747. The molecule has 1 aliphatic heterocycles. The molecule has 2 unspecified atom stereocenters. The van der Waals surface area contributed by atoms with Crippen LogP contribution in [0.4, 0.5) is 0 Å². The highest BCUT2D eigenvalue weighted by Gasteiger charge is 2.46. The molecule has 1 saturated carbocycles. The quantitative estimate of drug-likeness (QED) is 0.811. The van der Waals surface area contributed by atoms with Crippen LogP contribution in [-0.4, -0.2) is 59.4 Å². The minimum absolute atomic E-state index is 0.00471. The average molecular weight is 298 g/mol. The molecular weight excluding hydrogens is 268 g/mol. The summed E-state index contributed by atoms with van der Waals surface area (Å²) in [6.07, 6.45) is 4.46. The Bertz CT molecular complexity index is 373. The molecule has 2 atom stereocenters. The summed E-state index contributed by atoms with van der Waals surface area (Å²) in [4.78, 5) is 14.3. The van der Waals surface area contributed by atoms with E-state index in [1.165, 1.54) is 0 Å². The van der Waals surface area contributed by atoms with Crippen molar-refractivity contribution in [3.63, 3.8) is 0 Å². The van der Waals surface area contributed by atoms with Crippen LogP contribution in [-0.2, 0) is 9.53 Å². The highest BCUT2D eigenvalue weighted by molar-refractivity contribution is 5.79. The van der Waals surface area contributed by atoms with Crippen molar-refractivity contribution in [2.75, 3.05) is 26.3 Å². The Morgan fingerprint density at radius 3 is 2.86 bits per heavy atom. The molecule has 21 heavy (non-hydrogen) atoms. The monoisotopic (exact) mass is 298 g/mol. The Labute approximate surface area is 128 Å². The first-order chi connectivity index (χ1) is 9.91. The van der Waals surface area contributed by atoms with Gasteiger partial charge in [-0.05, 0) is 52.5 Å². The predicted molar refractivity (Wildman–Crippen MR) is 82.5 cm³/mol. The van der Waals surface area contributed by atoms with Crippen molar-refractivity contribution >= 4 is 5.97 Å². The number of aliphatic carboxylic acids is 1. The van der Waals surface area contributed by atoms with Gasteiger partial charge in [0.2, 0.25) is 0 Å². The molecule has 2 fully saturated rings. The van der Waals surface area contributed by atoms with E-state index < -0.39 is 11.5 Å². The first-order valence-electron chi connectivity index (χ1n) is 8.24. The van der Waals surface area contributed by atoms with Crippen LogP contribution in [0.2, 0.25) is 0 Å². The maximum Gasteiger partial charge on any atom is 0.323 e. The van der Waals surface area contributed by atoms with E-state index in [-0.39, 0.29) is 5.54 Å². The molecule has 122 valence electrons. The molecule has 0 aromatic carbocycles. The van der Waals surface area contributed by atoms with Gasteiger partial charge in [0.05, 0.1) is 13.2 Å². The number of hydrogen-bond acceptors (Lipinski definition) is 4. The summed E-state index contributed by atoms with van der Waals surface area (Å²) in [5.74, 6) is -0.688. The fourth-order valence-corrected chi connectivity index (χ4v) is 3.85. The molecule has 5 heteroatoms. The Balaban J connectivity index is 2.12. The van der Waals surface area contributed by atoms with Gasteiger partial charge >= 0.3 is 5.97 Å². The third kappa shape index (κ3) is 3.58. The Morgan fingerprint density at radius 1 is 1.48 bits per heavy atom. The molecule has 0 amide bonds. The number of carbonyl (C=O) groups is 1. The van der Waals surface area contributed by atoms with Crippen LogP contribution < -0.4 is 5.32 Å². The lowest BCUT2D eigenvalue weighted by molar-refractivity contribution is -0.149. The molecule has 0 aromatic rings. The molecule has 0 aromatic heterocycles. The molecule has 2 aliphatic rings. The number of nitrogens with one attached hydrogen (secondary N) is 1. The van der Waals surface area contributed by atoms with Crippen LogP contribution in [0.1, 0.15) is 52.9 Å². The van der Waals surface area contributed by atoms with Crippen molar-refractivity contribution in [3.05, 3.63) is 0 Å². The van der Waals surface area contributed by atoms with Gasteiger partial charge in [-0.15, -0.1) is 0 Å². The van der Waals surface area contributed by atoms with Gasteiger partial charge in [0, 0.05) is 18.1 Å². The van der Waals surface area contributed by atoms with Gasteiger partial charge in [-0.1, -0.05) is 6.92 Å². The van der Waals surface area contributed by atoms with E-state index >= 15 is 0 Å². The van der Waals surface area contributed by atoms with Crippen LogP contribution in [0.15, 0.2) is 0 Å². The Hall–Kier alpha value is -0.650. The largest absolute Gasteiger partial charge is 0.480 e. The van der Waals surface area contributed by atoms with Crippen LogP contribution in [0, 0.1) is 0 Å². The van der Waals surface area contributed by atoms with Crippen molar-refractivity contribution in [2.24, 2.45) is 0 Å².